The molecule has 0 aliphatic heterocycles. The van der Waals surface area contributed by atoms with Gasteiger partial charge in [-0.1, -0.05) is 12.1 Å². The first kappa shape index (κ1) is 17.3. The Morgan fingerprint density at radius 3 is 2.63 bits per heavy atom. The number of aryl methyl sites for hydroxylation is 1. The standard InChI is InChI=1S/C21H19N3O2S/c1-3-26-15-10-8-14(9-11-15)22-21(25)19-13-12-18(27-19)20-23-16-6-4-5-7-17(16)24(20)2/h4-13H,3H2,1-2H3,(H,22,25). The molecule has 0 bridgehead atoms. The molecule has 5 nitrogen and oxygen atoms in total. The van der Waals surface area contributed by atoms with Crippen LogP contribution in [0.2, 0.25) is 0 Å². The summed E-state index contributed by atoms with van der Waals surface area (Å²) < 4.78 is 7.47. The zero-order valence-electron chi connectivity index (χ0n) is 15.1. The van der Waals surface area contributed by atoms with E-state index < -0.39 is 0 Å². The first-order valence-electron chi connectivity index (χ1n) is 8.71. The molecule has 136 valence electrons. The maximum atomic E-state index is 12.6. The number of carbonyl (C=O) groups excluding carboxylic acids is 1. The van der Waals surface area contributed by atoms with E-state index in [2.05, 4.69) is 9.88 Å². The van der Waals surface area contributed by atoms with E-state index >= 15 is 0 Å². The number of para-hydroxylation sites is 2. The van der Waals surface area contributed by atoms with Gasteiger partial charge in [0.25, 0.3) is 5.91 Å². The van der Waals surface area contributed by atoms with Gasteiger partial charge >= 0.3 is 0 Å². The fourth-order valence-electron chi connectivity index (χ4n) is 2.94. The normalized spacial score (nSPS) is 10.9. The van der Waals surface area contributed by atoms with E-state index in [1.54, 1.807) is 0 Å². The second-order valence-electron chi connectivity index (χ2n) is 6.06. The van der Waals surface area contributed by atoms with Crippen LogP contribution in [-0.2, 0) is 7.05 Å². The van der Waals surface area contributed by atoms with Crippen LogP contribution < -0.4 is 10.1 Å². The summed E-state index contributed by atoms with van der Waals surface area (Å²) in [5.74, 6) is 1.52. The molecule has 0 saturated carbocycles. The van der Waals surface area contributed by atoms with Crippen molar-refractivity contribution in [1.29, 1.82) is 0 Å². The minimum Gasteiger partial charge on any atom is -0.494 e. The Hall–Kier alpha value is -3.12. The summed E-state index contributed by atoms with van der Waals surface area (Å²) >= 11 is 1.43. The molecule has 1 amide bonds. The Bertz CT molecular complexity index is 1100. The van der Waals surface area contributed by atoms with Crippen molar-refractivity contribution in [3.8, 4) is 16.5 Å². The zero-order chi connectivity index (χ0) is 18.8. The van der Waals surface area contributed by atoms with E-state index in [1.807, 2.05) is 74.6 Å². The zero-order valence-corrected chi connectivity index (χ0v) is 15.9. The number of ether oxygens (including phenoxy) is 1. The summed E-state index contributed by atoms with van der Waals surface area (Å²) in [6.07, 6.45) is 0. The quantitative estimate of drug-likeness (QED) is 0.535. The van der Waals surface area contributed by atoms with Crippen molar-refractivity contribution < 1.29 is 9.53 Å². The van der Waals surface area contributed by atoms with Crippen molar-refractivity contribution in [2.24, 2.45) is 7.05 Å². The third-order valence-electron chi connectivity index (χ3n) is 4.26. The van der Waals surface area contributed by atoms with Crippen LogP contribution in [0.4, 0.5) is 5.69 Å². The molecule has 4 aromatic rings. The van der Waals surface area contributed by atoms with Crippen molar-refractivity contribution >= 4 is 34.0 Å². The number of hydrogen-bond acceptors (Lipinski definition) is 4. The molecule has 1 N–H and O–H groups in total. The average Bonchev–Trinajstić information content (AvgIpc) is 3.29. The number of fused-ring (bicyclic) bond motifs is 1. The van der Waals surface area contributed by atoms with Crippen molar-refractivity contribution in [1.82, 2.24) is 9.55 Å². The lowest BCUT2D eigenvalue weighted by atomic mass is 10.3. The summed E-state index contributed by atoms with van der Waals surface area (Å²) in [4.78, 5) is 18.9. The van der Waals surface area contributed by atoms with Crippen LogP contribution in [0.3, 0.4) is 0 Å². The maximum Gasteiger partial charge on any atom is 0.265 e. The number of imidazole rings is 1. The molecule has 0 fully saturated rings. The molecule has 0 atom stereocenters. The minimum absolute atomic E-state index is 0.130. The van der Waals surface area contributed by atoms with Crippen LogP contribution in [0.15, 0.2) is 60.7 Å². The SMILES string of the molecule is CCOc1ccc(NC(=O)c2ccc(-c3nc4ccccc4n3C)s2)cc1. The van der Waals surface area contributed by atoms with E-state index in [0.717, 1.165) is 33.2 Å². The molecule has 0 aliphatic carbocycles. The van der Waals surface area contributed by atoms with E-state index in [4.69, 9.17) is 9.72 Å². The van der Waals surface area contributed by atoms with Crippen LogP contribution in [0, 0.1) is 0 Å². The molecule has 0 saturated heterocycles. The highest BCUT2D eigenvalue weighted by molar-refractivity contribution is 7.17. The Balaban J connectivity index is 1.54. The minimum atomic E-state index is -0.130. The van der Waals surface area contributed by atoms with Gasteiger partial charge in [0.05, 0.1) is 27.4 Å². The fourth-order valence-corrected chi connectivity index (χ4v) is 3.87. The summed E-state index contributed by atoms with van der Waals surface area (Å²) in [6.45, 7) is 2.56. The van der Waals surface area contributed by atoms with Gasteiger partial charge in [-0.25, -0.2) is 4.98 Å². The third-order valence-corrected chi connectivity index (χ3v) is 5.34. The van der Waals surface area contributed by atoms with Gasteiger partial charge < -0.3 is 14.6 Å². The lowest BCUT2D eigenvalue weighted by Crippen LogP contribution is -2.09. The van der Waals surface area contributed by atoms with Gasteiger partial charge in [0.15, 0.2) is 5.82 Å². The van der Waals surface area contributed by atoms with Gasteiger partial charge in [0.2, 0.25) is 0 Å². The number of thiophene rings is 1. The van der Waals surface area contributed by atoms with Crippen LogP contribution in [0.25, 0.3) is 21.7 Å². The predicted molar refractivity (Wildman–Crippen MR) is 110 cm³/mol. The molecule has 27 heavy (non-hydrogen) atoms. The van der Waals surface area contributed by atoms with Gasteiger partial charge in [-0.3, -0.25) is 4.79 Å². The third kappa shape index (κ3) is 3.44. The molecule has 0 unspecified atom stereocenters. The van der Waals surface area contributed by atoms with E-state index in [9.17, 15) is 4.79 Å². The summed E-state index contributed by atoms with van der Waals surface area (Å²) in [7, 11) is 1.99. The first-order chi connectivity index (χ1) is 13.2. The number of hydrogen-bond donors (Lipinski definition) is 1. The first-order valence-corrected chi connectivity index (χ1v) is 9.53. The molecule has 0 spiro atoms. The van der Waals surface area contributed by atoms with Gasteiger partial charge in [-0.05, 0) is 55.5 Å². The number of nitrogens with zero attached hydrogens (tertiary/aromatic N) is 2. The Kier molecular flexibility index (Phi) is 4.64. The highest BCUT2D eigenvalue weighted by Crippen LogP contribution is 2.30. The number of benzene rings is 2. The second-order valence-corrected chi connectivity index (χ2v) is 7.14. The van der Waals surface area contributed by atoms with Crippen molar-refractivity contribution in [2.75, 3.05) is 11.9 Å². The molecule has 2 heterocycles. The highest BCUT2D eigenvalue weighted by Gasteiger charge is 2.15. The van der Waals surface area contributed by atoms with Crippen LogP contribution >= 0.6 is 11.3 Å². The number of amides is 1. The van der Waals surface area contributed by atoms with E-state index in [0.29, 0.717) is 11.5 Å². The second kappa shape index (κ2) is 7.25. The molecular formula is C21H19N3O2S. The van der Waals surface area contributed by atoms with Crippen molar-refractivity contribution in [2.45, 2.75) is 6.92 Å². The average molecular weight is 377 g/mol. The molecule has 0 radical (unpaired) electrons. The number of rotatable bonds is 5. The monoisotopic (exact) mass is 377 g/mol. The number of aromatic nitrogens is 2. The summed E-state index contributed by atoms with van der Waals surface area (Å²) in [6, 6.07) is 19.1. The maximum absolute atomic E-state index is 12.6. The number of nitrogens with one attached hydrogen (secondary N) is 1. The lowest BCUT2D eigenvalue weighted by Gasteiger charge is -2.06. The Morgan fingerprint density at radius 1 is 1.11 bits per heavy atom. The van der Waals surface area contributed by atoms with Crippen molar-refractivity contribution in [3.63, 3.8) is 0 Å². The lowest BCUT2D eigenvalue weighted by molar-refractivity contribution is 0.103. The fraction of sp³-hybridized carbons (Fsp3) is 0.143. The molecule has 2 aromatic carbocycles. The highest BCUT2D eigenvalue weighted by atomic mass is 32.1. The summed E-state index contributed by atoms with van der Waals surface area (Å²) in [5.41, 5.74) is 2.76. The topological polar surface area (TPSA) is 56.1 Å². The molecular weight excluding hydrogens is 358 g/mol. The van der Waals surface area contributed by atoms with Gasteiger partial charge in [0, 0.05) is 12.7 Å². The smallest absolute Gasteiger partial charge is 0.265 e. The molecule has 2 aromatic heterocycles. The van der Waals surface area contributed by atoms with Gasteiger partial charge in [0.1, 0.15) is 5.75 Å². The predicted octanol–water partition coefficient (Wildman–Crippen LogP) is 4.95. The van der Waals surface area contributed by atoms with Crippen LogP contribution in [-0.4, -0.2) is 22.1 Å². The Morgan fingerprint density at radius 2 is 1.89 bits per heavy atom. The van der Waals surface area contributed by atoms with E-state index in [-0.39, 0.29) is 5.91 Å². The van der Waals surface area contributed by atoms with Gasteiger partial charge in [-0.2, -0.15) is 0 Å². The van der Waals surface area contributed by atoms with Gasteiger partial charge in [-0.15, -0.1) is 11.3 Å². The van der Waals surface area contributed by atoms with Crippen LogP contribution in [0.1, 0.15) is 16.6 Å². The largest absolute Gasteiger partial charge is 0.494 e. The van der Waals surface area contributed by atoms with Crippen molar-refractivity contribution in [3.05, 3.63) is 65.5 Å². The van der Waals surface area contributed by atoms with E-state index in [1.165, 1.54) is 11.3 Å². The molecule has 4 rings (SSSR count). The summed E-state index contributed by atoms with van der Waals surface area (Å²) in [5, 5.41) is 2.92. The van der Waals surface area contributed by atoms with Crippen LogP contribution in [0.5, 0.6) is 5.75 Å². The molecule has 6 heteroatoms. The number of carbonyl (C=O) groups is 1. The number of anilines is 1. The molecule has 0 aliphatic rings. The Labute approximate surface area is 161 Å².